The second-order valence-electron chi connectivity index (χ2n) is 4.97. The van der Waals surface area contributed by atoms with E-state index < -0.39 is 0 Å². The van der Waals surface area contributed by atoms with E-state index in [0.29, 0.717) is 5.56 Å². The molecule has 1 amide bonds. The lowest BCUT2D eigenvalue weighted by molar-refractivity contribution is 0.102. The van der Waals surface area contributed by atoms with Crippen LogP contribution in [0.2, 0.25) is 0 Å². The molecule has 0 aliphatic carbocycles. The summed E-state index contributed by atoms with van der Waals surface area (Å²) >= 11 is 1.14. The van der Waals surface area contributed by atoms with Crippen molar-refractivity contribution in [1.82, 2.24) is 18.9 Å². The Morgan fingerprint density at radius 1 is 1.00 bits per heavy atom. The topological polar surface area (TPSA) is 83.6 Å². The molecule has 2 N–H and O–H groups in total. The normalized spacial score (nSPS) is 10.8. The third kappa shape index (κ3) is 2.69. The summed E-state index contributed by atoms with van der Waals surface area (Å²) in [5.41, 5.74) is 4.77. The molecule has 2 heterocycles. The Balaban J connectivity index is 1.53. The van der Waals surface area contributed by atoms with Crippen LogP contribution in [0.4, 0.5) is 5.69 Å². The van der Waals surface area contributed by atoms with Crippen LogP contribution in [0.25, 0.3) is 22.3 Å². The van der Waals surface area contributed by atoms with E-state index >= 15 is 0 Å². The molecule has 4 rings (SSSR count). The number of H-pyrrole nitrogens is 1. The molecule has 0 aliphatic heterocycles. The van der Waals surface area contributed by atoms with E-state index in [9.17, 15) is 4.79 Å². The molecule has 0 unspecified atom stereocenters. The summed E-state index contributed by atoms with van der Waals surface area (Å²) in [4.78, 5) is 12.3. The molecule has 0 radical (unpaired) electrons. The smallest absolute Gasteiger partial charge is 0.255 e. The van der Waals surface area contributed by atoms with E-state index in [0.717, 1.165) is 39.7 Å². The number of hydrogen-bond donors (Lipinski definition) is 2. The van der Waals surface area contributed by atoms with Gasteiger partial charge in [0.1, 0.15) is 11.0 Å². The third-order valence-electron chi connectivity index (χ3n) is 3.47. The zero-order valence-electron chi connectivity index (χ0n) is 11.9. The Hall–Kier alpha value is -3.06. The molecule has 0 spiro atoms. The molecule has 4 aromatic rings. The fourth-order valence-electron chi connectivity index (χ4n) is 2.28. The number of carbonyl (C=O) groups is 1. The summed E-state index contributed by atoms with van der Waals surface area (Å²) in [7, 11) is 0. The molecular weight excluding hydrogens is 310 g/mol. The van der Waals surface area contributed by atoms with Gasteiger partial charge in [-0.3, -0.25) is 9.89 Å². The second-order valence-corrected chi connectivity index (χ2v) is 5.50. The van der Waals surface area contributed by atoms with Gasteiger partial charge >= 0.3 is 0 Å². The third-order valence-corrected chi connectivity index (χ3v) is 4.03. The molecule has 2 aromatic carbocycles. The molecular formula is C16H11N5OS. The van der Waals surface area contributed by atoms with Crippen LogP contribution in [-0.4, -0.2) is 24.9 Å². The summed E-state index contributed by atoms with van der Waals surface area (Å²) in [5, 5.41) is 9.71. The van der Waals surface area contributed by atoms with Crippen molar-refractivity contribution in [3.8, 4) is 11.3 Å². The highest BCUT2D eigenvalue weighted by Crippen LogP contribution is 2.20. The van der Waals surface area contributed by atoms with E-state index in [-0.39, 0.29) is 5.91 Å². The summed E-state index contributed by atoms with van der Waals surface area (Å²) in [5.74, 6) is -0.172. The molecule has 7 heteroatoms. The predicted octanol–water partition coefficient (Wildman–Crippen LogP) is 3.33. The Labute approximate surface area is 135 Å². The number of anilines is 1. The maximum Gasteiger partial charge on any atom is 0.255 e. The number of aromatic amines is 1. The summed E-state index contributed by atoms with van der Waals surface area (Å²) in [6.07, 6.45) is 1.70. The highest BCUT2D eigenvalue weighted by Gasteiger charge is 2.09. The van der Waals surface area contributed by atoms with Crippen molar-refractivity contribution in [1.29, 1.82) is 0 Å². The van der Waals surface area contributed by atoms with Gasteiger partial charge in [-0.15, -0.1) is 0 Å². The van der Waals surface area contributed by atoms with Crippen molar-refractivity contribution in [2.24, 2.45) is 0 Å². The molecule has 23 heavy (non-hydrogen) atoms. The van der Waals surface area contributed by atoms with Gasteiger partial charge in [-0.1, -0.05) is 12.1 Å². The first-order valence-corrected chi connectivity index (χ1v) is 7.66. The maximum absolute atomic E-state index is 12.3. The number of rotatable bonds is 3. The molecule has 6 nitrogen and oxygen atoms in total. The number of benzene rings is 2. The minimum atomic E-state index is -0.172. The van der Waals surface area contributed by atoms with Crippen LogP contribution in [0, 0.1) is 0 Å². The van der Waals surface area contributed by atoms with Crippen molar-refractivity contribution in [3.05, 3.63) is 60.3 Å². The van der Waals surface area contributed by atoms with Gasteiger partial charge in [0, 0.05) is 17.4 Å². The fraction of sp³-hybridized carbons (Fsp3) is 0. The zero-order chi connectivity index (χ0) is 15.6. The molecule has 0 bridgehead atoms. The molecule has 0 atom stereocenters. The SMILES string of the molecule is O=C(Nc1ccc(-c2ccn[nH]2)cc1)c1ccc2nsnc2c1. The second kappa shape index (κ2) is 5.62. The lowest BCUT2D eigenvalue weighted by Gasteiger charge is -2.06. The van der Waals surface area contributed by atoms with Crippen LogP contribution in [0.3, 0.4) is 0 Å². The molecule has 0 saturated carbocycles. The van der Waals surface area contributed by atoms with Crippen molar-refractivity contribution < 1.29 is 4.79 Å². The molecule has 0 aliphatic rings. The predicted molar refractivity (Wildman–Crippen MR) is 89.4 cm³/mol. The quantitative estimate of drug-likeness (QED) is 0.606. The largest absolute Gasteiger partial charge is 0.322 e. The van der Waals surface area contributed by atoms with E-state index in [1.54, 1.807) is 24.4 Å². The van der Waals surface area contributed by atoms with Gasteiger partial charge in [-0.2, -0.15) is 13.8 Å². The summed E-state index contributed by atoms with van der Waals surface area (Å²) < 4.78 is 8.28. The van der Waals surface area contributed by atoms with Gasteiger partial charge < -0.3 is 5.32 Å². The summed E-state index contributed by atoms with van der Waals surface area (Å²) in [6.45, 7) is 0. The number of nitrogens with zero attached hydrogens (tertiary/aromatic N) is 3. The first-order chi connectivity index (χ1) is 11.3. The maximum atomic E-state index is 12.3. The highest BCUT2D eigenvalue weighted by molar-refractivity contribution is 7.00. The number of nitrogens with one attached hydrogen (secondary N) is 2. The highest BCUT2D eigenvalue weighted by atomic mass is 32.1. The standard InChI is InChI=1S/C16H11N5OS/c22-16(11-3-6-14-15(9-11)21-23-20-14)18-12-4-1-10(2-5-12)13-7-8-17-19-13/h1-9H,(H,17,19)(H,18,22). The Morgan fingerprint density at radius 3 is 2.61 bits per heavy atom. The summed E-state index contributed by atoms with van der Waals surface area (Å²) in [6, 6.07) is 14.8. The van der Waals surface area contributed by atoms with Crippen LogP contribution in [0.5, 0.6) is 0 Å². The van der Waals surface area contributed by atoms with E-state index in [1.807, 2.05) is 30.3 Å². The van der Waals surface area contributed by atoms with Crippen molar-refractivity contribution in [3.63, 3.8) is 0 Å². The Bertz CT molecular complexity index is 960. The van der Waals surface area contributed by atoms with Crippen LogP contribution in [-0.2, 0) is 0 Å². The van der Waals surface area contributed by atoms with Crippen LogP contribution in [0.1, 0.15) is 10.4 Å². The lowest BCUT2D eigenvalue weighted by Crippen LogP contribution is -2.11. The number of hydrogen-bond acceptors (Lipinski definition) is 5. The molecule has 0 fully saturated rings. The number of aromatic nitrogens is 4. The van der Waals surface area contributed by atoms with Crippen molar-refractivity contribution in [2.45, 2.75) is 0 Å². The Kier molecular flexibility index (Phi) is 3.32. The van der Waals surface area contributed by atoms with Crippen LogP contribution >= 0.6 is 11.7 Å². The minimum absolute atomic E-state index is 0.172. The van der Waals surface area contributed by atoms with E-state index in [1.165, 1.54) is 0 Å². The lowest BCUT2D eigenvalue weighted by atomic mass is 10.1. The van der Waals surface area contributed by atoms with Crippen LogP contribution in [0.15, 0.2) is 54.7 Å². The number of carbonyl (C=O) groups excluding carboxylic acids is 1. The molecule has 2 aromatic heterocycles. The first kappa shape index (κ1) is 13.6. The van der Waals surface area contributed by atoms with Gasteiger partial charge in [0.2, 0.25) is 0 Å². The first-order valence-electron chi connectivity index (χ1n) is 6.93. The van der Waals surface area contributed by atoms with E-state index in [4.69, 9.17) is 0 Å². The average molecular weight is 321 g/mol. The van der Waals surface area contributed by atoms with Gasteiger partial charge in [-0.05, 0) is 42.0 Å². The van der Waals surface area contributed by atoms with Crippen molar-refractivity contribution >= 4 is 34.4 Å². The van der Waals surface area contributed by atoms with Gasteiger partial charge in [0.15, 0.2) is 0 Å². The molecule has 0 saturated heterocycles. The minimum Gasteiger partial charge on any atom is -0.322 e. The zero-order valence-corrected chi connectivity index (χ0v) is 12.7. The van der Waals surface area contributed by atoms with Gasteiger partial charge in [0.05, 0.1) is 17.4 Å². The fourth-order valence-corrected chi connectivity index (χ4v) is 2.79. The number of amides is 1. The van der Waals surface area contributed by atoms with Crippen molar-refractivity contribution in [2.75, 3.05) is 5.32 Å². The average Bonchev–Trinajstić information content (AvgIpc) is 3.26. The van der Waals surface area contributed by atoms with Gasteiger partial charge in [0.25, 0.3) is 5.91 Å². The monoisotopic (exact) mass is 321 g/mol. The van der Waals surface area contributed by atoms with E-state index in [2.05, 4.69) is 24.3 Å². The van der Waals surface area contributed by atoms with Crippen LogP contribution < -0.4 is 5.32 Å². The van der Waals surface area contributed by atoms with Gasteiger partial charge in [-0.25, -0.2) is 0 Å². The number of fused-ring (bicyclic) bond motifs is 1. The Morgan fingerprint density at radius 2 is 1.83 bits per heavy atom. The molecule has 112 valence electrons.